The molecule has 0 aliphatic carbocycles. The van der Waals surface area contributed by atoms with Crippen LogP contribution in [0.3, 0.4) is 0 Å². The van der Waals surface area contributed by atoms with Gasteiger partial charge in [0.15, 0.2) is 11.5 Å². The van der Waals surface area contributed by atoms with E-state index in [1.165, 1.54) is 0 Å². The van der Waals surface area contributed by atoms with Crippen molar-refractivity contribution in [2.75, 3.05) is 13.4 Å². The van der Waals surface area contributed by atoms with Crippen LogP contribution in [0.2, 0.25) is 0 Å². The van der Waals surface area contributed by atoms with Crippen molar-refractivity contribution < 1.29 is 18.6 Å². The summed E-state index contributed by atoms with van der Waals surface area (Å²) in [6, 6.07) is 13.1. The highest BCUT2D eigenvalue weighted by atomic mass is 16.7. The lowest BCUT2D eigenvalue weighted by molar-refractivity contribution is 0.174. The van der Waals surface area contributed by atoms with Gasteiger partial charge in [0.05, 0.1) is 6.61 Å². The van der Waals surface area contributed by atoms with Crippen LogP contribution in [0.5, 0.6) is 17.2 Å². The van der Waals surface area contributed by atoms with Gasteiger partial charge in [0.2, 0.25) is 18.6 Å². The topological polar surface area (TPSA) is 66.6 Å². The van der Waals surface area contributed by atoms with Crippen molar-refractivity contribution in [2.45, 2.75) is 6.92 Å². The second-order valence-electron chi connectivity index (χ2n) is 4.94. The standard InChI is InChI=1S/C17H14N2O4/c1-2-20-13-5-3-4-11(8-13)16-18-19-17(23-16)12-6-7-14-15(9-12)22-10-21-14/h3-9H,2,10H2,1H3. The minimum Gasteiger partial charge on any atom is -0.494 e. The van der Waals surface area contributed by atoms with E-state index in [2.05, 4.69) is 10.2 Å². The van der Waals surface area contributed by atoms with E-state index in [4.69, 9.17) is 18.6 Å². The second-order valence-corrected chi connectivity index (χ2v) is 4.94. The molecule has 0 unspecified atom stereocenters. The number of aromatic nitrogens is 2. The Morgan fingerprint density at radius 1 is 0.957 bits per heavy atom. The Balaban J connectivity index is 1.65. The molecule has 0 amide bonds. The van der Waals surface area contributed by atoms with Gasteiger partial charge in [0, 0.05) is 11.1 Å². The Bertz CT molecular complexity index is 844. The maximum atomic E-state index is 5.77. The highest BCUT2D eigenvalue weighted by Crippen LogP contribution is 2.36. The minimum absolute atomic E-state index is 0.234. The van der Waals surface area contributed by atoms with Crippen LogP contribution in [0.25, 0.3) is 22.9 Å². The van der Waals surface area contributed by atoms with Gasteiger partial charge in [-0.25, -0.2) is 0 Å². The SMILES string of the molecule is CCOc1cccc(-c2nnc(-c3ccc4c(c3)OCO4)o2)c1. The van der Waals surface area contributed by atoms with E-state index in [-0.39, 0.29) is 6.79 Å². The van der Waals surface area contributed by atoms with Crippen molar-refractivity contribution in [1.29, 1.82) is 0 Å². The number of hydrogen-bond acceptors (Lipinski definition) is 6. The number of ether oxygens (including phenoxy) is 3. The Morgan fingerprint density at radius 3 is 2.57 bits per heavy atom. The predicted octanol–water partition coefficient (Wildman–Crippen LogP) is 3.53. The maximum Gasteiger partial charge on any atom is 0.248 e. The normalized spacial score (nSPS) is 12.4. The average molecular weight is 310 g/mol. The molecule has 0 radical (unpaired) electrons. The Labute approximate surface area is 132 Å². The molecule has 0 spiro atoms. The number of fused-ring (bicyclic) bond motifs is 1. The molecule has 6 nitrogen and oxygen atoms in total. The van der Waals surface area contributed by atoms with E-state index in [9.17, 15) is 0 Å². The van der Waals surface area contributed by atoms with E-state index in [1.807, 2.05) is 49.4 Å². The molecule has 2 heterocycles. The van der Waals surface area contributed by atoms with Crippen LogP contribution in [-0.2, 0) is 0 Å². The highest BCUT2D eigenvalue weighted by molar-refractivity contribution is 5.62. The van der Waals surface area contributed by atoms with Gasteiger partial charge in [0.25, 0.3) is 0 Å². The van der Waals surface area contributed by atoms with Crippen molar-refractivity contribution in [1.82, 2.24) is 10.2 Å². The third-order valence-corrected chi connectivity index (χ3v) is 3.44. The largest absolute Gasteiger partial charge is 0.494 e. The van der Waals surface area contributed by atoms with Crippen molar-refractivity contribution in [2.24, 2.45) is 0 Å². The van der Waals surface area contributed by atoms with Crippen LogP contribution in [-0.4, -0.2) is 23.6 Å². The summed E-state index contributed by atoms with van der Waals surface area (Å²) >= 11 is 0. The molecule has 0 bridgehead atoms. The van der Waals surface area contributed by atoms with E-state index in [0.717, 1.165) is 22.6 Å². The van der Waals surface area contributed by atoms with Gasteiger partial charge in [-0.2, -0.15) is 0 Å². The van der Waals surface area contributed by atoms with Crippen LogP contribution in [0.4, 0.5) is 0 Å². The fourth-order valence-electron chi connectivity index (χ4n) is 2.37. The third-order valence-electron chi connectivity index (χ3n) is 3.44. The zero-order valence-corrected chi connectivity index (χ0v) is 12.5. The molecule has 1 aliphatic heterocycles. The summed E-state index contributed by atoms with van der Waals surface area (Å²) in [6.45, 7) is 2.78. The Hall–Kier alpha value is -3.02. The third kappa shape index (κ3) is 2.59. The number of rotatable bonds is 4. The van der Waals surface area contributed by atoms with Gasteiger partial charge in [-0.3, -0.25) is 0 Å². The molecular weight excluding hydrogens is 296 g/mol. The van der Waals surface area contributed by atoms with E-state index in [1.54, 1.807) is 0 Å². The molecule has 2 aromatic carbocycles. The second kappa shape index (κ2) is 5.64. The van der Waals surface area contributed by atoms with Crippen molar-refractivity contribution >= 4 is 0 Å². The number of benzene rings is 2. The quantitative estimate of drug-likeness (QED) is 0.734. The summed E-state index contributed by atoms with van der Waals surface area (Å²) in [4.78, 5) is 0. The van der Waals surface area contributed by atoms with Crippen molar-refractivity contribution in [3.05, 3.63) is 42.5 Å². The Morgan fingerprint density at radius 2 is 1.74 bits per heavy atom. The summed E-state index contributed by atoms with van der Waals surface area (Å²) in [5, 5.41) is 8.22. The van der Waals surface area contributed by atoms with Gasteiger partial charge in [-0.1, -0.05) is 6.07 Å². The van der Waals surface area contributed by atoms with E-state index in [0.29, 0.717) is 24.1 Å². The lowest BCUT2D eigenvalue weighted by atomic mass is 10.2. The average Bonchev–Trinajstić information content (AvgIpc) is 3.24. The van der Waals surface area contributed by atoms with Crippen LogP contribution >= 0.6 is 0 Å². The summed E-state index contributed by atoms with van der Waals surface area (Å²) < 4.78 is 21.9. The summed E-state index contributed by atoms with van der Waals surface area (Å²) in [6.07, 6.45) is 0. The molecule has 0 fully saturated rings. The molecule has 0 N–H and O–H groups in total. The molecule has 1 aliphatic rings. The molecule has 0 saturated carbocycles. The van der Waals surface area contributed by atoms with Gasteiger partial charge in [0.1, 0.15) is 5.75 Å². The summed E-state index contributed by atoms with van der Waals surface area (Å²) in [7, 11) is 0. The smallest absolute Gasteiger partial charge is 0.248 e. The molecule has 116 valence electrons. The highest BCUT2D eigenvalue weighted by Gasteiger charge is 2.17. The first-order valence-corrected chi connectivity index (χ1v) is 7.30. The first-order valence-electron chi connectivity index (χ1n) is 7.30. The van der Waals surface area contributed by atoms with Crippen LogP contribution in [0.15, 0.2) is 46.9 Å². The van der Waals surface area contributed by atoms with Crippen LogP contribution in [0.1, 0.15) is 6.92 Å². The fourth-order valence-corrected chi connectivity index (χ4v) is 2.37. The summed E-state index contributed by atoms with van der Waals surface area (Å²) in [5.41, 5.74) is 1.60. The zero-order valence-electron chi connectivity index (χ0n) is 12.5. The molecule has 3 aromatic rings. The lowest BCUT2D eigenvalue weighted by Crippen LogP contribution is -1.92. The first kappa shape index (κ1) is 13.6. The predicted molar refractivity (Wildman–Crippen MR) is 82.5 cm³/mol. The Kier molecular flexibility index (Phi) is 3.34. The van der Waals surface area contributed by atoms with Crippen LogP contribution in [0, 0.1) is 0 Å². The van der Waals surface area contributed by atoms with E-state index < -0.39 is 0 Å². The maximum absolute atomic E-state index is 5.77. The zero-order chi connectivity index (χ0) is 15.6. The monoisotopic (exact) mass is 310 g/mol. The van der Waals surface area contributed by atoms with Gasteiger partial charge in [-0.15, -0.1) is 10.2 Å². The van der Waals surface area contributed by atoms with Gasteiger partial charge < -0.3 is 18.6 Å². The molecule has 0 atom stereocenters. The minimum atomic E-state index is 0.234. The van der Waals surface area contributed by atoms with Crippen LogP contribution < -0.4 is 14.2 Å². The molecule has 1 aromatic heterocycles. The first-order chi connectivity index (χ1) is 11.3. The molecular formula is C17H14N2O4. The number of nitrogens with zero attached hydrogens (tertiary/aromatic N) is 2. The number of hydrogen-bond donors (Lipinski definition) is 0. The molecule has 4 rings (SSSR count). The molecule has 0 saturated heterocycles. The van der Waals surface area contributed by atoms with Crippen molar-refractivity contribution in [3.63, 3.8) is 0 Å². The van der Waals surface area contributed by atoms with E-state index >= 15 is 0 Å². The molecule has 6 heteroatoms. The molecule has 23 heavy (non-hydrogen) atoms. The summed E-state index contributed by atoms with van der Waals surface area (Å²) in [5.74, 6) is 3.05. The van der Waals surface area contributed by atoms with Crippen molar-refractivity contribution in [3.8, 4) is 40.2 Å². The lowest BCUT2D eigenvalue weighted by Gasteiger charge is -2.03. The van der Waals surface area contributed by atoms with Gasteiger partial charge >= 0.3 is 0 Å². The van der Waals surface area contributed by atoms with Gasteiger partial charge in [-0.05, 0) is 43.3 Å². The fraction of sp³-hybridized carbons (Fsp3) is 0.176.